The van der Waals surface area contributed by atoms with Crippen molar-refractivity contribution in [2.45, 2.75) is 25.0 Å². The Morgan fingerprint density at radius 1 is 1.38 bits per heavy atom. The van der Waals surface area contributed by atoms with Gasteiger partial charge >= 0.3 is 0 Å². The van der Waals surface area contributed by atoms with Crippen LogP contribution in [0.2, 0.25) is 0 Å². The Morgan fingerprint density at radius 2 is 2.15 bits per heavy atom. The van der Waals surface area contributed by atoms with Gasteiger partial charge in [0.2, 0.25) is 5.56 Å². The highest BCUT2D eigenvalue weighted by atomic mass is 16.3. The van der Waals surface area contributed by atoms with Crippen molar-refractivity contribution in [2.75, 3.05) is 0 Å². The van der Waals surface area contributed by atoms with Crippen LogP contribution < -0.4 is 10.9 Å². The Balaban J connectivity index is 1.68. The molecule has 1 saturated carbocycles. The molecule has 0 saturated heterocycles. The molecule has 4 rings (SSSR count). The van der Waals surface area contributed by atoms with Gasteiger partial charge < -0.3 is 15.4 Å². The number of carbonyl (C=O) groups is 1. The van der Waals surface area contributed by atoms with Crippen LogP contribution >= 0.6 is 0 Å². The molecule has 1 aliphatic rings. The van der Waals surface area contributed by atoms with E-state index in [-0.39, 0.29) is 29.5 Å². The van der Waals surface area contributed by atoms with Gasteiger partial charge in [0, 0.05) is 35.8 Å². The van der Waals surface area contributed by atoms with E-state index in [9.17, 15) is 14.7 Å². The summed E-state index contributed by atoms with van der Waals surface area (Å²) in [5.74, 6) is -0.158. The number of amides is 1. The van der Waals surface area contributed by atoms with Crippen molar-refractivity contribution in [3.8, 4) is 0 Å². The molecule has 7 nitrogen and oxygen atoms in total. The van der Waals surface area contributed by atoms with Crippen molar-refractivity contribution in [3.63, 3.8) is 0 Å². The maximum Gasteiger partial charge on any atom is 0.252 e. The standard InChI is InChI=1S/C19H20N4O3/c1-23-10-12(9-20-23)18(11-6-13(24)7-11)22-19(26)15-8-17(25)21-16-5-3-2-4-14(15)16/h2-5,8-11,13,18,24H,6-7H2,1H3,(H,21,25)(H,22,26)/t11?,13?,18-/m0/s1. The fourth-order valence-electron chi connectivity index (χ4n) is 3.59. The number of pyridine rings is 1. The number of nitrogens with one attached hydrogen (secondary N) is 2. The number of hydrogen-bond acceptors (Lipinski definition) is 4. The fourth-order valence-corrected chi connectivity index (χ4v) is 3.59. The van der Waals surface area contributed by atoms with Crippen molar-refractivity contribution >= 4 is 16.8 Å². The van der Waals surface area contributed by atoms with Crippen LogP contribution in [0.15, 0.2) is 47.5 Å². The van der Waals surface area contributed by atoms with Gasteiger partial charge in [0.05, 0.1) is 23.9 Å². The quantitative estimate of drug-likeness (QED) is 0.662. The van der Waals surface area contributed by atoms with Gasteiger partial charge in [-0.3, -0.25) is 14.3 Å². The summed E-state index contributed by atoms with van der Waals surface area (Å²) in [4.78, 5) is 27.6. The van der Waals surface area contributed by atoms with Gasteiger partial charge in [0.1, 0.15) is 0 Å². The van der Waals surface area contributed by atoms with Gasteiger partial charge in [0.15, 0.2) is 0 Å². The first kappa shape index (κ1) is 16.5. The first-order valence-electron chi connectivity index (χ1n) is 8.61. The lowest BCUT2D eigenvalue weighted by Crippen LogP contribution is -2.41. The Kier molecular flexibility index (Phi) is 4.08. The smallest absolute Gasteiger partial charge is 0.252 e. The van der Waals surface area contributed by atoms with E-state index >= 15 is 0 Å². The van der Waals surface area contributed by atoms with Crippen molar-refractivity contribution in [2.24, 2.45) is 13.0 Å². The molecule has 134 valence electrons. The Hall–Kier alpha value is -2.93. The third kappa shape index (κ3) is 3.01. The molecule has 3 N–H and O–H groups in total. The van der Waals surface area contributed by atoms with Gasteiger partial charge in [-0.05, 0) is 24.8 Å². The van der Waals surface area contributed by atoms with Crippen LogP contribution in [0.4, 0.5) is 0 Å². The molecule has 0 spiro atoms. The molecule has 1 aliphatic carbocycles. The van der Waals surface area contributed by atoms with E-state index in [0.717, 1.165) is 5.56 Å². The van der Waals surface area contributed by atoms with E-state index in [1.165, 1.54) is 6.07 Å². The van der Waals surface area contributed by atoms with Crippen molar-refractivity contribution < 1.29 is 9.90 Å². The van der Waals surface area contributed by atoms with E-state index in [0.29, 0.717) is 29.3 Å². The molecule has 2 heterocycles. The summed E-state index contributed by atoms with van der Waals surface area (Å²) in [5.41, 5.74) is 1.55. The first-order valence-corrected chi connectivity index (χ1v) is 8.61. The molecule has 1 atom stereocenters. The number of benzene rings is 1. The third-order valence-electron chi connectivity index (χ3n) is 4.99. The number of aromatic nitrogens is 3. The minimum Gasteiger partial charge on any atom is -0.393 e. The predicted molar refractivity (Wildman–Crippen MR) is 96.7 cm³/mol. The van der Waals surface area contributed by atoms with Crippen LogP contribution in [0.1, 0.15) is 34.8 Å². The van der Waals surface area contributed by atoms with Crippen molar-refractivity contribution in [1.29, 1.82) is 0 Å². The molecule has 7 heteroatoms. The largest absolute Gasteiger partial charge is 0.393 e. The van der Waals surface area contributed by atoms with Crippen LogP contribution in [0.3, 0.4) is 0 Å². The van der Waals surface area contributed by atoms with E-state index in [1.807, 2.05) is 31.4 Å². The summed E-state index contributed by atoms with van der Waals surface area (Å²) in [6.07, 6.45) is 4.54. The van der Waals surface area contributed by atoms with Gasteiger partial charge in [-0.15, -0.1) is 0 Å². The topological polar surface area (TPSA) is 100 Å². The summed E-state index contributed by atoms with van der Waals surface area (Å²) in [5, 5.41) is 17.6. The Labute approximate surface area is 149 Å². The number of hydrogen-bond donors (Lipinski definition) is 3. The number of para-hydroxylation sites is 1. The SMILES string of the molecule is Cn1cc([C@@H](NC(=O)c2cc(=O)[nH]c3ccccc23)C2CC(O)C2)cn1. The van der Waals surface area contributed by atoms with Crippen molar-refractivity contribution in [1.82, 2.24) is 20.1 Å². The maximum atomic E-state index is 13.0. The highest BCUT2D eigenvalue weighted by Gasteiger charge is 2.36. The summed E-state index contributed by atoms with van der Waals surface area (Å²) in [7, 11) is 1.82. The monoisotopic (exact) mass is 352 g/mol. The number of carbonyl (C=O) groups excluding carboxylic acids is 1. The number of fused-ring (bicyclic) bond motifs is 1. The van der Waals surface area contributed by atoms with Crippen LogP contribution in [-0.4, -0.2) is 31.9 Å². The molecule has 0 aliphatic heterocycles. The van der Waals surface area contributed by atoms with Crippen LogP contribution in [0.25, 0.3) is 10.9 Å². The number of aliphatic hydroxyl groups is 1. The number of aromatic amines is 1. The summed E-state index contributed by atoms with van der Waals surface area (Å²) in [6.45, 7) is 0. The lowest BCUT2D eigenvalue weighted by atomic mass is 9.75. The molecule has 1 fully saturated rings. The van der Waals surface area contributed by atoms with Crippen LogP contribution in [0, 0.1) is 5.92 Å². The minimum atomic E-state index is -0.323. The second-order valence-corrected chi connectivity index (χ2v) is 6.88. The zero-order valence-electron chi connectivity index (χ0n) is 14.3. The fraction of sp³-hybridized carbons (Fsp3) is 0.316. The molecule has 2 aromatic heterocycles. The van der Waals surface area contributed by atoms with Gasteiger partial charge in [-0.1, -0.05) is 18.2 Å². The third-order valence-corrected chi connectivity index (χ3v) is 4.99. The Morgan fingerprint density at radius 3 is 2.85 bits per heavy atom. The van der Waals surface area contributed by atoms with E-state index in [1.54, 1.807) is 16.9 Å². The first-order chi connectivity index (χ1) is 12.5. The zero-order chi connectivity index (χ0) is 18.3. The summed E-state index contributed by atoms with van der Waals surface area (Å²) < 4.78 is 1.69. The zero-order valence-corrected chi connectivity index (χ0v) is 14.3. The highest BCUT2D eigenvalue weighted by Crippen LogP contribution is 2.38. The molecule has 0 unspecified atom stereocenters. The average Bonchev–Trinajstić information content (AvgIpc) is 3.02. The van der Waals surface area contributed by atoms with E-state index < -0.39 is 0 Å². The van der Waals surface area contributed by atoms with Crippen LogP contribution in [0.5, 0.6) is 0 Å². The van der Waals surface area contributed by atoms with Crippen LogP contribution in [-0.2, 0) is 7.05 Å². The number of aryl methyl sites for hydroxylation is 1. The summed E-state index contributed by atoms with van der Waals surface area (Å²) in [6, 6.07) is 8.30. The van der Waals surface area contributed by atoms with E-state index in [2.05, 4.69) is 15.4 Å². The average molecular weight is 352 g/mol. The van der Waals surface area contributed by atoms with Gasteiger partial charge in [0.25, 0.3) is 5.91 Å². The molecule has 26 heavy (non-hydrogen) atoms. The molecular formula is C19H20N4O3. The molecule has 1 aromatic carbocycles. The summed E-state index contributed by atoms with van der Waals surface area (Å²) >= 11 is 0. The van der Waals surface area contributed by atoms with Crippen molar-refractivity contribution in [3.05, 3.63) is 64.2 Å². The maximum absolute atomic E-state index is 13.0. The number of aliphatic hydroxyl groups excluding tert-OH is 1. The molecule has 1 amide bonds. The van der Waals surface area contributed by atoms with E-state index in [4.69, 9.17) is 0 Å². The molecule has 3 aromatic rings. The van der Waals surface area contributed by atoms with Gasteiger partial charge in [-0.2, -0.15) is 5.10 Å². The minimum absolute atomic E-state index is 0.145. The molecule has 0 bridgehead atoms. The lowest BCUT2D eigenvalue weighted by Gasteiger charge is -2.37. The number of nitrogens with zero attached hydrogens (tertiary/aromatic N) is 2. The molecule has 0 radical (unpaired) electrons. The Bertz CT molecular complexity index is 1020. The second-order valence-electron chi connectivity index (χ2n) is 6.88. The highest BCUT2D eigenvalue weighted by molar-refractivity contribution is 6.06. The lowest BCUT2D eigenvalue weighted by molar-refractivity contribution is 0.0235. The normalized spacial score (nSPS) is 20.5. The second kappa shape index (κ2) is 6.42. The predicted octanol–water partition coefficient (Wildman–Crippen LogP) is 1.50. The number of H-pyrrole nitrogens is 1. The van der Waals surface area contributed by atoms with Gasteiger partial charge in [-0.25, -0.2) is 0 Å². The molecular weight excluding hydrogens is 332 g/mol. The number of rotatable bonds is 4.